The van der Waals surface area contributed by atoms with Crippen molar-refractivity contribution in [2.75, 3.05) is 13.1 Å². The molecule has 2 aromatic rings. The van der Waals surface area contributed by atoms with Gasteiger partial charge < -0.3 is 5.32 Å². The van der Waals surface area contributed by atoms with E-state index in [1.54, 1.807) is 6.08 Å². The third kappa shape index (κ3) is 5.30. The lowest BCUT2D eigenvalue weighted by atomic mass is 9.97. The molecule has 0 spiro atoms. The molecule has 148 valence electrons. The molecular weight excluding hydrogens is 372 g/mol. The molecule has 0 saturated carbocycles. The topological polar surface area (TPSA) is 66.5 Å². The zero-order chi connectivity index (χ0) is 20.0. The van der Waals surface area contributed by atoms with Crippen molar-refractivity contribution in [3.05, 3.63) is 76.7 Å². The first kappa shape index (κ1) is 20.3. The van der Waals surface area contributed by atoms with Crippen LogP contribution in [0, 0.1) is 12.8 Å². The number of sulfonamides is 1. The number of aryl methyl sites for hydroxylation is 1. The maximum Gasteiger partial charge on any atom is 0.236 e. The van der Waals surface area contributed by atoms with Gasteiger partial charge in [-0.1, -0.05) is 54.6 Å². The maximum absolute atomic E-state index is 12.5. The zero-order valence-electron chi connectivity index (χ0n) is 16.0. The van der Waals surface area contributed by atoms with Crippen molar-refractivity contribution in [1.82, 2.24) is 9.62 Å². The minimum Gasteiger partial charge on any atom is -0.352 e. The summed E-state index contributed by atoms with van der Waals surface area (Å²) in [6, 6.07) is 17.3. The van der Waals surface area contributed by atoms with Crippen LogP contribution in [0.5, 0.6) is 0 Å². The highest BCUT2D eigenvalue weighted by molar-refractivity contribution is 7.92. The Bertz CT molecular complexity index is 931. The Morgan fingerprint density at radius 1 is 1.07 bits per heavy atom. The Morgan fingerprint density at radius 2 is 1.71 bits per heavy atom. The minimum absolute atomic E-state index is 0.000119. The smallest absolute Gasteiger partial charge is 0.236 e. The fraction of sp³-hybridized carbons (Fsp3) is 0.318. The van der Waals surface area contributed by atoms with Crippen LogP contribution < -0.4 is 5.32 Å². The first-order valence-electron chi connectivity index (χ1n) is 9.51. The number of nitrogens with one attached hydrogen (secondary N) is 1. The van der Waals surface area contributed by atoms with Crippen molar-refractivity contribution in [1.29, 1.82) is 0 Å². The Hall–Kier alpha value is -2.44. The van der Waals surface area contributed by atoms with Crippen molar-refractivity contribution >= 4 is 22.0 Å². The summed E-state index contributed by atoms with van der Waals surface area (Å²) in [7, 11) is -3.47. The van der Waals surface area contributed by atoms with Crippen LogP contribution >= 0.6 is 0 Å². The van der Waals surface area contributed by atoms with Gasteiger partial charge >= 0.3 is 0 Å². The number of benzene rings is 2. The van der Waals surface area contributed by atoms with Crippen molar-refractivity contribution in [2.45, 2.75) is 26.3 Å². The predicted octanol–water partition coefficient (Wildman–Crippen LogP) is 3.32. The number of rotatable bonds is 6. The summed E-state index contributed by atoms with van der Waals surface area (Å²) in [5.74, 6) is -0.145. The Balaban J connectivity index is 1.51. The monoisotopic (exact) mass is 398 g/mol. The summed E-state index contributed by atoms with van der Waals surface area (Å²) >= 11 is 0. The Labute approximate surface area is 167 Å². The summed E-state index contributed by atoms with van der Waals surface area (Å²) in [6.07, 6.45) is 2.69. The van der Waals surface area contributed by atoms with Gasteiger partial charge in [0, 0.05) is 31.0 Å². The van der Waals surface area contributed by atoms with E-state index in [-0.39, 0.29) is 11.8 Å². The van der Waals surface area contributed by atoms with E-state index in [0.29, 0.717) is 32.5 Å². The normalized spacial score (nSPS) is 16.3. The van der Waals surface area contributed by atoms with Crippen LogP contribution in [-0.2, 0) is 21.4 Å². The summed E-state index contributed by atoms with van der Waals surface area (Å²) in [4.78, 5) is 12.5. The van der Waals surface area contributed by atoms with Crippen molar-refractivity contribution in [3.8, 4) is 0 Å². The summed E-state index contributed by atoms with van der Waals surface area (Å²) in [5, 5.41) is 4.24. The molecular formula is C22H26N2O3S. The molecule has 1 N–H and O–H groups in total. The third-order valence-electron chi connectivity index (χ3n) is 5.13. The summed E-state index contributed by atoms with van der Waals surface area (Å²) in [5.41, 5.74) is 3.09. The van der Waals surface area contributed by atoms with Crippen LogP contribution in [0.3, 0.4) is 0 Å². The van der Waals surface area contributed by atoms with Crippen molar-refractivity contribution < 1.29 is 13.2 Å². The molecule has 1 aliphatic heterocycles. The van der Waals surface area contributed by atoms with E-state index in [2.05, 4.69) is 5.32 Å². The number of nitrogens with zero attached hydrogens (tertiary/aromatic N) is 1. The van der Waals surface area contributed by atoms with Gasteiger partial charge in [-0.15, -0.1) is 0 Å². The number of amides is 1. The number of carbonyl (C=O) groups is 1. The van der Waals surface area contributed by atoms with Gasteiger partial charge in [0.2, 0.25) is 15.9 Å². The second kappa shape index (κ2) is 9.17. The van der Waals surface area contributed by atoms with Gasteiger partial charge in [-0.25, -0.2) is 8.42 Å². The largest absolute Gasteiger partial charge is 0.352 e. The van der Waals surface area contributed by atoms with Crippen LogP contribution in [0.1, 0.15) is 29.5 Å². The molecule has 2 aromatic carbocycles. The second-order valence-electron chi connectivity index (χ2n) is 7.08. The minimum atomic E-state index is -3.47. The van der Waals surface area contributed by atoms with E-state index in [1.165, 1.54) is 9.71 Å². The van der Waals surface area contributed by atoms with E-state index < -0.39 is 10.0 Å². The standard InChI is InChI=1S/C22H26N2O3S/c1-18-7-5-6-10-21(18)17-23-22(25)20-11-14-24(15-12-20)28(26,27)16-13-19-8-3-2-4-9-19/h2-10,13,16,20H,11-12,14-15,17H2,1H3,(H,23,25)/b16-13+. The highest BCUT2D eigenvalue weighted by Crippen LogP contribution is 2.21. The Morgan fingerprint density at radius 3 is 2.39 bits per heavy atom. The van der Waals surface area contributed by atoms with Gasteiger partial charge in [0.05, 0.1) is 0 Å². The van der Waals surface area contributed by atoms with Gasteiger partial charge in [0.15, 0.2) is 0 Å². The molecule has 28 heavy (non-hydrogen) atoms. The van der Waals surface area contributed by atoms with E-state index in [4.69, 9.17) is 0 Å². The fourth-order valence-corrected chi connectivity index (χ4v) is 4.54. The molecule has 0 unspecified atom stereocenters. The maximum atomic E-state index is 12.5. The van der Waals surface area contributed by atoms with Crippen LogP contribution in [-0.4, -0.2) is 31.7 Å². The molecule has 0 aromatic heterocycles. The van der Waals surface area contributed by atoms with E-state index in [9.17, 15) is 13.2 Å². The van der Waals surface area contributed by atoms with Crippen LogP contribution in [0.4, 0.5) is 0 Å². The number of hydrogen-bond acceptors (Lipinski definition) is 3. The molecule has 0 aliphatic carbocycles. The average molecular weight is 399 g/mol. The Kier molecular flexibility index (Phi) is 6.65. The lowest BCUT2D eigenvalue weighted by Crippen LogP contribution is -2.42. The first-order chi connectivity index (χ1) is 13.5. The SMILES string of the molecule is Cc1ccccc1CNC(=O)C1CCN(S(=O)(=O)/C=C/c2ccccc2)CC1. The number of piperidine rings is 1. The first-order valence-corrected chi connectivity index (χ1v) is 11.0. The third-order valence-corrected chi connectivity index (χ3v) is 6.70. The average Bonchev–Trinajstić information content (AvgIpc) is 2.72. The van der Waals surface area contributed by atoms with E-state index >= 15 is 0 Å². The molecule has 0 radical (unpaired) electrons. The second-order valence-corrected chi connectivity index (χ2v) is 8.89. The molecule has 6 heteroatoms. The van der Waals surface area contributed by atoms with Crippen molar-refractivity contribution in [3.63, 3.8) is 0 Å². The van der Waals surface area contributed by atoms with E-state index in [0.717, 1.165) is 16.7 Å². The predicted molar refractivity (Wildman–Crippen MR) is 112 cm³/mol. The van der Waals surface area contributed by atoms with Crippen LogP contribution in [0.25, 0.3) is 6.08 Å². The quantitative estimate of drug-likeness (QED) is 0.812. The molecule has 3 rings (SSSR count). The lowest BCUT2D eigenvalue weighted by molar-refractivity contribution is -0.126. The van der Waals surface area contributed by atoms with Gasteiger partial charge in [-0.3, -0.25) is 4.79 Å². The van der Waals surface area contributed by atoms with Crippen LogP contribution in [0.15, 0.2) is 60.0 Å². The number of hydrogen-bond donors (Lipinski definition) is 1. The molecule has 1 aliphatic rings. The molecule has 1 heterocycles. The lowest BCUT2D eigenvalue weighted by Gasteiger charge is -2.29. The summed E-state index contributed by atoms with van der Waals surface area (Å²) in [6.45, 7) is 3.26. The van der Waals surface area contributed by atoms with E-state index in [1.807, 2.05) is 61.5 Å². The molecule has 0 atom stereocenters. The van der Waals surface area contributed by atoms with Crippen molar-refractivity contribution in [2.24, 2.45) is 5.92 Å². The van der Waals surface area contributed by atoms with Crippen LogP contribution in [0.2, 0.25) is 0 Å². The highest BCUT2D eigenvalue weighted by Gasteiger charge is 2.29. The van der Waals surface area contributed by atoms with Gasteiger partial charge in [-0.05, 0) is 42.5 Å². The molecule has 5 nitrogen and oxygen atoms in total. The molecule has 1 amide bonds. The molecule has 1 saturated heterocycles. The fourth-order valence-electron chi connectivity index (χ4n) is 3.32. The van der Waals surface area contributed by atoms with Gasteiger partial charge in [0.25, 0.3) is 0 Å². The summed E-state index contributed by atoms with van der Waals surface area (Å²) < 4.78 is 26.5. The van der Waals surface area contributed by atoms with Gasteiger partial charge in [-0.2, -0.15) is 4.31 Å². The highest BCUT2D eigenvalue weighted by atomic mass is 32.2. The zero-order valence-corrected chi connectivity index (χ0v) is 16.9. The molecule has 0 bridgehead atoms. The number of carbonyl (C=O) groups excluding carboxylic acids is 1. The molecule has 1 fully saturated rings. The van der Waals surface area contributed by atoms with Gasteiger partial charge in [0.1, 0.15) is 0 Å².